The summed E-state index contributed by atoms with van der Waals surface area (Å²) in [5, 5.41) is 19.8. The Balaban J connectivity index is 2.42. The van der Waals surface area contributed by atoms with E-state index in [1.807, 2.05) is 0 Å². The molecule has 82 valence electrons. The molecule has 1 heterocycles. The molecule has 0 radical (unpaired) electrons. The minimum atomic E-state index is -0.894. The fourth-order valence-electron chi connectivity index (χ4n) is 1.47. The Morgan fingerprint density at radius 3 is 2.62 bits per heavy atom. The van der Waals surface area contributed by atoms with Gasteiger partial charge in [0.2, 0.25) is 5.76 Å². The van der Waals surface area contributed by atoms with Crippen molar-refractivity contribution in [3.05, 3.63) is 51.8 Å². The van der Waals surface area contributed by atoms with Crippen molar-refractivity contribution in [1.29, 1.82) is 0 Å². The average Bonchev–Trinajstić information content (AvgIpc) is 2.59. The van der Waals surface area contributed by atoms with Crippen LogP contribution < -0.4 is 0 Å². The van der Waals surface area contributed by atoms with Gasteiger partial charge in [-0.2, -0.15) is 0 Å². The highest BCUT2D eigenvalue weighted by atomic mass is 16.6. The molecule has 1 aliphatic rings. The minimum absolute atomic E-state index is 0.147. The number of carbonyl (C=O) groups excluding carboxylic acids is 1. The Hall–Kier alpha value is -2.37. The molecule has 0 unspecified atom stereocenters. The maximum Gasteiger partial charge on any atom is 0.374 e. The highest BCUT2D eigenvalue weighted by Gasteiger charge is 2.30. The maximum atomic E-state index is 10.9. The van der Waals surface area contributed by atoms with Crippen LogP contribution in [0.5, 0.6) is 0 Å². The van der Waals surface area contributed by atoms with Crippen molar-refractivity contribution in [1.82, 2.24) is 0 Å². The van der Waals surface area contributed by atoms with Gasteiger partial charge in [-0.05, 0) is 6.07 Å². The Labute approximate surface area is 89.9 Å². The topological polar surface area (TPSA) is 89.7 Å². The first-order valence-corrected chi connectivity index (χ1v) is 4.44. The number of para-hydroxylation sites is 1. The Morgan fingerprint density at radius 2 is 2.06 bits per heavy atom. The van der Waals surface area contributed by atoms with Crippen molar-refractivity contribution in [2.75, 3.05) is 0 Å². The second-order valence-corrected chi connectivity index (χ2v) is 3.19. The molecule has 16 heavy (non-hydrogen) atoms. The third-order valence-corrected chi connectivity index (χ3v) is 2.19. The number of nitro groups is 1. The van der Waals surface area contributed by atoms with E-state index in [1.54, 1.807) is 6.07 Å². The minimum Gasteiger partial charge on any atom is -0.502 e. The van der Waals surface area contributed by atoms with Crippen molar-refractivity contribution in [2.24, 2.45) is 0 Å². The molecule has 6 heteroatoms. The van der Waals surface area contributed by atoms with Crippen molar-refractivity contribution < 1.29 is 19.6 Å². The zero-order chi connectivity index (χ0) is 11.7. The van der Waals surface area contributed by atoms with Crippen LogP contribution in [0.2, 0.25) is 0 Å². The number of aliphatic hydroxyl groups is 1. The normalized spacial score (nSPS) is 19.1. The molecule has 0 bridgehead atoms. The standard InChI is InChI=1S/C10H7NO5/c12-8-5-9(16-10(8)13)6-3-1-2-4-7(6)11(14)15/h1-5,9,12H/t9-/m1/s1. The number of esters is 1. The third kappa shape index (κ3) is 1.60. The van der Waals surface area contributed by atoms with E-state index in [9.17, 15) is 14.9 Å². The first-order valence-electron chi connectivity index (χ1n) is 4.44. The van der Waals surface area contributed by atoms with E-state index >= 15 is 0 Å². The molecule has 0 saturated heterocycles. The predicted molar refractivity (Wildman–Crippen MR) is 52.6 cm³/mol. The van der Waals surface area contributed by atoms with Crippen LogP contribution >= 0.6 is 0 Å². The quantitative estimate of drug-likeness (QED) is 0.465. The van der Waals surface area contributed by atoms with Crippen LogP contribution in [0.4, 0.5) is 5.69 Å². The molecule has 0 amide bonds. The van der Waals surface area contributed by atoms with E-state index < -0.39 is 22.8 Å². The van der Waals surface area contributed by atoms with Gasteiger partial charge in [0, 0.05) is 12.1 Å². The number of nitro benzene ring substituents is 1. The van der Waals surface area contributed by atoms with Gasteiger partial charge in [-0.1, -0.05) is 12.1 Å². The van der Waals surface area contributed by atoms with Gasteiger partial charge in [-0.3, -0.25) is 10.1 Å². The van der Waals surface area contributed by atoms with E-state index in [0.717, 1.165) is 6.08 Å². The van der Waals surface area contributed by atoms with E-state index in [0.29, 0.717) is 0 Å². The van der Waals surface area contributed by atoms with Gasteiger partial charge in [-0.15, -0.1) is 0 Å². The van der Waals surface area contributed by atoms with Crippen LogP contribution in [0, 0.1) is 10.1 Å². The summed E-state index contributed by atoms with van der Waals surface area (Å²) in [6.07, 6.45) is 0.249. The molecule has 2 rings (SSSR count). The summed E-state index contributed by atoms with van der Waals surface area (Å²) in [5.74, 6) is -1.40. The van der Waals surface area contributed by atoms with E-state index in [4.69, 9.17) is 9.84 Å². The molecule has 1 aliphatic heterocycles. The van der Waals surface area contributed by atoms with Crippen molar-refractivity contribution in [3.63, 3.8) is 0 Å². The molecule has 0 saturated carbocycles. The number of hydrogen-bond donors (Lipinski definition) is 1. The number of benzene rings is 1. The van der Waals surface area contributed by atoms with Gasteiger partial charge >= 0.3 is 5.97 Å². The molecule has 1 N–H and O–H groups in total. The summed E-state index contributed by atoms with van der Waals surface area (Å²) in [5.41, 5.74) is 0.0937. The van der Waals surface area contributed by atoms with Gasteiger partial charge < -0.3 is 9.84 Å². The van der Waals surface area contributed by atoms with Gasteiger partial charge in [0.25, 0.3) is 5.69 Å². The second kappa shape index (κ2) is 3.65. The monoisotopic (exact) mass is 221 g/mol. The Kier molecular flexibility index (Phi) is 2.32. The fourth-order valence-corrected chi connectivity index (χ4v) is 1.47. The lowest BCUT2D eigenvalue weighted by Gasteiger charge is -2.07. The highest BCUT2D eigenvalue weighted by molar-refractivity contribution is 5.88. The second-order valence-electron chi connectivity index (χ2n) is 3.19. The van der Waals surface area contributed by atoms with Crippen LogP contribution in [0.15, 0.2) is 36.1 Å². The smallest absolute Gasteiger partial charge is 0.374 e. The lowest BCUT2D eigenvalue weighted by Crippen LogP contribution is -2.04. The number of aliphatic hydroxyl groups excluding tert-OH is 1. The van der Waals surface area contributed by atoms with Gasteiger partial charge in [0.15, 0.2) is 6.10 Å². The van der Waals surface area contributed by atoms with Crippen LogP contribution in [0.1, 0.15) is 11.7 Å². The Morgan fingerprint density at radius 1 is 1.38 bits per heavy atom. The van der Waals surface area contributed by atoms with Gasteiger partial charge in [-0.25, -0.2) is 4.79 Å². The van der Waals surface area contributed by atoms with Crippen LogP contribution in [-0.2, 0) is 9.53 Å². The molecule has 0 aliphatic carbocycles. The number of cyclic esters (lactones) is 1. The lowest BCUT2D eigenvalue weighted by atomic mass is 10.1. The summed E-state index contributed by atoms with van der Waals surface area (Å²) in [6, 6.07) is 5.90. The predicted octanol–water partition coefficient (Wildman–Crippen LogP) is 1.63. The molecule has 1 aromatic carbocycles. The zero-order valence-corrected chi connectivity index (χ0v) is 7.99. The van der Waals surface area contributed by atoms with Crippen LogP contribution in [-0.4, -0.2) is 16.0 Å². The largest absolute Gasteiger partial charge is 0.502 e. The van der Waals surface area contributed by atoms with Crippen LogP contribution in [0.25, 0.3) is 0 Å². The first-order chi connectivity index (χ1) is 7.59. The number of rotatable bonds is 2. The highest BCUT2D eigenvalue weighted by Crippen LogP contribution is 2.32. The molecule has 6 nitrogen and oxygen atoms in total. The number of carbonyl (C=O) groups is 1. The Bertz CT molecular complexity index is 494. The van der Waals surface area contributed by atoms with E-state index in [-0.39, 0.29) is 11.3 Å². The summed E-state index contributed by atoms with van der Waals surface area (Å²) in [6.45, 7) is 0. The molecule has 1 atom stereocenters. The molecule has 0 aromatic heterocycles. The summed E-state index contributed by atoms with van der Waals surface area (Å²) in [4.78, 5) is 21.1. The van der Waals surface area contributed by atoms with E-state index in [1.165, 1.54) is 18.2 Å². The summed E-state index contributed by atoms with van der Waals surface area (Å²) >= 11 is 0. The van der Waals surface area contributed by atoms with E-state index in [2.05, 4.69) is 0 Å². The maximum absolute atomic E-state index is 10.9. The average molecular weight is 221 g/mol. The van der Waals surface area contributed by atoms with Crippen LogP contribution in [0.3, 0.4) is 0 Å². The number of ether oxygens (including phenoxy) is 1. The number of hydrogen-bond acceptors (Lipinski definition) is 5. The molecule has 0 fully saturated rings. The zero-order valence-electron chi connectivity index (χ0n) is 7.99. The van der Waals surface area contributed by atoms with Crippen molar-refractivity contribution in [2.45, 2.75) is 6.10 Å². The summed E-state index contributed by atoms with van der Waals surface area (Å²) < 4.78 is 4.76. The van der Waals surface area contributed by atoms with Crippen molar-refractivity contribution in [3.8, 4) is 0 Å². The summed E-state index contributed by atoms with van der Waals surface area (Å²) in [7, 11) is 0. The number of nitrogens with zero attached hydrogens (tertiary/aromatic N) is 1. The van der Waals surface area contributed by atoms with Gasteiger partial charge in [0.1, 0.15) is 0 Å². The third-order valence-electron chi connectivity index (χ3n) is 2.19. The molecular formula is C10H7NO5. The molecular weight excluding hydrogens is 214 g/mol. The SMILES string of the molecule is O=C1O[C@@H](c2ccccc2[N+](=O)[O-])C=C1O. The van der Waals surface area contributed by atoms with Gasteiger partial charge in [0.05, 0.1) is 10.5 Å². The first kappa shape index (κ1) is 10.2. The van der Waals surface area contributed by atoms with Crippen molar-refractivity contribution >= 4 is 11.7 Å². The lowest BCUT2D eigenvalue weighted by molar-refractivity contribution is -0.386. The molecule has 0 spiro atoms. The fraction of sp³-hybridized carbons (Fsp3) is 0.100. The molecule has 1 aromatic rings.